The highest BCUT2D eigenvalue weighted by molar-refractivity contribution is 6.19. The van der Waals surface area contributed by atoms with Crippen molar-refractivity contribution in [1.29, 1.82) is 0 Å². The molecule has 3 aromatic rings. The second-order valence-corrected chi connectivity index (χ2v) is 5.15. The minimum atomic E-state index is -0.0678. The third-order valence-corrected chi connectivity index (χ3v) is 3.68. The standard InChI is InChI=1S/C18H16N2O/c1-11-6-7-12-4-2-3-5-14(12)17(11)18(21)15-9-8-13(19)10-16(15)20/h2-10H,19-20H2,1H3. The van der Waals surface area contributed by atoms with Crippen LogP contribution < -0.4 is 11.5 Å². The first-order chi connectivity index (χ1) is 10.1. The lowest BCUT2D eigenvalue weighted by Gasteiger charge is -2.11. The number of hydrogen-bond donors (Lipinski definition) is 2. The number of rotatable bonds is 2. The van der Waals surface area contributed by atoms with Crippen LogP contribution in [-0.2, 0) is 0 Å². The van der Waals surface area contributed by atoms with E-state index < -0.39 is 0 Å². The first-order valence-electron chi connectivity index (χ1n) is 6.76. The predicted octanol–water partition coefficient (Wildman–Crippen LogP) is 3.54. The summed E-state index contributed by atoms with van der Waals surface area (Å²) in [6, 6.07) is 16.8. The van der Waals surface area contributed by atoms with E-state index in [1.807, 2.05) is 43.3 Å². The molecule has 104 valence electrons. The van der Waals surface area contributed by atoms with Crippen LogP contribution in [0.5, 0.6) is 0 Å². The molecule has 21 heavy (non-hydrogen) atoms. The minimum absolute atomic E-state index is 0.0678. The number of nitrogens with two attached hydrogens (primary N) is 2. The largest absolute Gasteiger partial charge is 0.399 e. The van der Waals surface area contributed by atoms with Crippen molar-refractivity contribution in [2.45, 2.75) is 6.92 Å². The van der Waals surface area contributed by atoms with Crippen LogP contribution in [0.15, 0.2) is 54.6 Å². The quantitative estimate of drug-likeness (QED) is 0.555. The van der Waals surface area contributed by atoms with Crippen LogP contribution in [0.2, 0.25) is 0 Å². The van der Waals surface area contributed by atoms with Crippen LogP contribution in [0.3, 0.4) is 0 Å². The van der Waals surface area contributed by atoms with Gasteiger partial charge in [0.25, 0.3) is 0 Å². The molecule has 0 unspecified atom stereocenters. The first-order valence-corrected chi connectivity index (χ1v) is 6.76. The summed E-state index contributed by atoms with van der Waals surface area (Å²) in [4.78, 5) is 12.9. The molecule has 0 saturated carbocycles. The fourth-order valence-electron chi connectivity index (χ4n) is 2.60. The van der Waals surface area contributed by atoms with Gasteiger partial charge < -0.3 is 11.5 Å². The lowest BCUT2D eigenvalue weighted by atomic mass is 9.92. The Morgan fingerprint density at radius 1 is 0.952 bits per heavy atom. The van der Waals surface area contributed by atoms with Crippen LogP contribution >= 0.6 is 0 Å². The summed E-state index contributed by atoms with van der Waals surface area (Å²) in [5.74, 6) is -0.0678. The van der Waals surface area contributed by atoms with Crippen LogP contribution in [0.1, 0.15) is 21.5 Å². The van der Waals surface area contributed by atoms with Crippen molar-refractivity contribution in [3.63, 3.8) is 0 Å². The lowest BCUT2D eigenvalue weighted by Crippen LogP contribution is -2.08. The average Bonchev–Trinajstić information content (AvgIpc) is 2.46. The Bertz CT molecular complexity index is 853. The summed E-state index contributed by atoms with van der Waals surface area (Å²) in [6.45, 7) is 1.94. The molecule has 0 fully saturated rings. The molecule has 4 N–H and O–H groups in total. The molecular weight excluding hydrogens is 260 g/mol. The zero-order valence-electron chi connectivity index (χ0n) is 11.8. The summed E-state index contributed by atoms with van der Waals surface area (Å²) >= 11 is 0. The van der Waals surface area contributed by atoms with Crippen LogP contribution in [-0.4, -0.2) is 5.78 Å². The molecule has 0 spiro atoms. The highest BCUT2D eigenvalue weighted by Gasteiger charge is 2.17. The Morgan fingerprint density at radius 2 is 1.71 bits per heavy atom. The van der Waals surface area contributed by atoms with Gasteiger partial charge in [0, 0.05) is 22.5 Å². The predicted molar refractivity (Wildman–Crippen MR) is 87.4 cm³/mol. The molecule has 0 aliphatic carbocycles. The van der Waals surface area contributed by atoms with E-state index in [1.54, 1.807) is 18.2 Å². The second-order valence-electron chi connectivity index (χ2n) is 5.15. The van der Waals surface area contributed by atoms with Crippen LogP contribution in [0, 0.1) is 6.92 Å². The Kier molecular flexibility index (Phi) is 3.10. The third kappa shape index (κ3) is 2.23. The van der Waals surface area contributed by atoms with Gasteiger partial charge in [-0.25, -0.2) is 0 Å². The molecule has 0 aliphatic rings. The molecule has 0 amide bonds. The van der Waals surface area contributed by atoms with E-state index in [1.165, 1.54) is 0 Å². The van der Waals surface area contributed by atoms with Crippen LogP contribution in [0.25, 0.3) is 10.8 Å². The van der Waals surface area contributed by atoms with Gasteiger partial charge in [0.05, 0.1) is 0 Å². The maximum Gasteiger partial charge on any atom is 0.195 e. The van der Waals surface area contributed by atoms with E-state index in [4.69, 9.17) is 11.5 Å². The number of hydrogen-bond acceptors (Lipinski definition) is 3. The van der Waals surface area contributed by atoms with Gasteiger partial charge in [-0.05, 0) is 41.5 Å². The molecule has 3 aromatic carbocycles. The number of ketones is 1. The van der Waals surface area contributed by atoms with Gasteiger partial charge in [-0.15, -0.1) is 0 Å². The van der Waals surface area contributed by atoms with Crippen molar-refractivity contribution in [2.24, 2.45) is 0 Å². The highest BCUT2D eigenvalue weighted by Crippen LogP contribution is 2.27. The third-order valence-electron chi connectivity index (χ3n) is 3.68. The van der Waals surface area contributed by atoms with Crippen molar-refractivity contribution in [2.75, 3.05) is 11.5 Å². The summed E-state index contributed by atoms with van der Waals surface area (Å²) in [6.07, 6.45) is 0. The van der Waals surface area contributed by atoms with Crippen molar-refractivity contribution in [3.8, 4) is 0 Å². The van der Waals surface area contributed by atoms with E-state index in [2.05, 4.69) is 0 Å². The monoisotopic (exact) mass is 276 g/mol. The maximum atomic E-state index is 12.9. The van der Waals surface area contributed by atoms with E-state index >= 15 is 0 Å². The van der Waals surface area contributed by atoms with Crippen molar-refractivity contribution in [1.82, 2.24) is 0 Å². The lowest BCUT2D eigenvalue weighted by molar-refractivity contribution is 0.104. The maximum absolute atomic E-state index is 12.9. The highest BCUT2D eigenvalue weighted by atomic mass is 16.1. The van der Waals surface area contributed by atoms with Crippen molar-refractivity contribution < 1.29 is 4.79 Å². The summed E-state index contributed by atoms with van der Waals surface area (Å²) in [5.41, 5.74) is 14.7. The van der Waals surface area contributed by atoms with Gasteiger partial charge in [0.2, 0.25) is 0 Å². The topological polar surface area (TPSA) is 69.1 Å². The van der Waals surface area contributed by atoms with E-state index in [9.17, 15) is 4.79 Å². The van der Waals surface area contributed by atoms with Crippen LogP contribution in [0.4, 0.5) is 11.4 Å². The smallest absolute Gasteiger partial charge is 0.195 e. The zero-order chi connectivity index (χ0) is 15.0. The molecular formula is C18H16N2O. The first kappa shape index (κ1) is 13.2. The van der Waals surface area contributed by atoms with E-state index in [0.29, 0.717) is 22.5 Å². The number of carbonyl (C=O) groups is 1. The average molecular weight is 276 g/mol. The molecule has 0 bridgehead atoms. The summed E-state index contributed by atoms with van der Waals surface area (Å²) in [5, 5.41) is 1.99. The molecule has 0 saturated heterocycles. The Hall–Kier alpha value is -2.81. The number of nitrogen functional groups attached to an aromatic ring is 2. The Labute approximate surface area is 123 Å². The van der Waals surface area contributed by atoms with Gasteiger partial charge in [-0.2, -0.15) is 0 Å². The molecule has 3 rings (SSSR count). The Morgan fingerprint density at radius 3 is 2.48 bits per heavy atom. The number of fused-ring (bicyclic) bond motifs is 1. The SMILES string of the molecule is Cc1ccc2ccccc2c1C(=O)c1ccc(N)cc1N. The molecule has 0 aromatic heterocycles. The van der Waals surface area contributed by atoms with Gasteiger partial charge in [-0.3, -0.25) is 4.79 Å². The molecule has 3 heteroatoms. The van der Waals surface area contributed by atoms with Gasteiger partial charge >= 0.3 is 0 Å². The second kappa shape index (κ2) is 4.94. The molecule has 0 heterocycles. The number of carbonyl (C=O) groups excluding carboxylic acids is 1. The van der Waals surface area contributed by atoms with Crippen molar-refractivity contribution >= 4 is 27.9 Å². The van der Waals surface area contributed by atoms with Gasteiger partial charge in [0.1, 0.15) is 0 Å². The minimum Gasteiger partial charge on any atom is -0.399 e. The van der Waals surface area contributed by atoms with E-state index in [-0.39, 0.29) is 5.78 Å². The fourth-order valence-corrected chi connectivity index (χ4v) is 2.60. The number of aryl methyl sites for hydroxylation is 1. The normalized spacial score (nSPS) is 10.7. The molecule has 0 atom stereocenters. The van der Waals surface area contributed by atoms with E-state index in [0.717, 1.165) is 16.3 Å². The fraction of sp³-hybridized carbons (Fsp3) is 0.0556. The number of anilines is 2. The van der Waals surface area contributed by atoms with Crippen molar-refractivity contribution in [3.05, 3.63) is 71.3 Å². The summed E-state index contributed by atoms with van der Waals surface area (Å²) in [7, 11) is 0. The number of benzene rings is 3. The molecule has 0 radical (unpaired) electrons. The van der Waals surface area contributed by atoms with Gasteiger partial charge in [0.15, 0.2) is 5.78 Å². The molecule has 0 aliphatic heterocycles. The summed E-state index contributed by atoms with van der Waals surface area (Å²) < 4.78 is 0. The zero-order valence-corrected chi connectivity index (χ0v) is 11.8. The Balaban J connectivity index is 2.24. The van der Waals surface area contributed by atoms with Gasteiger partial charge in [-0.1, -0.05) is 36.4 Å². The molecule has 3 nitrogen and oxygen atoms in total.